The molecule has 1 heterocycles. The summed E-state index contributed by atoms with van der Waals surface area (Å²) in [6.45, 7) is 1.46. The highest BCUT2D eigenvalue weighted by molar-refractivity contribution is 6.06. The number of hydrogen-bond donors (Lipinski definition) is 3. The van der Waals surface area contributed by atoms with Crippen molar-refractivity contribution in [2.24, 2.45) is 0 Å². The molecule has 1 aromatic heterocycles. The number of hydrogen-bond acceptors (Lipinski definition) is 3. The monoisotopic (exact) mass is 361 g/mol. The van der Waals surface area contributed by atoms with Crippen LogP contribution in [0.2, 0.25) is 0 Å². The number of carbonyl (C=O) groups is 2. The van der Waals surface area contributed by atoms with Crippen molar-refractivity contribution in [3.8, 4) is 0 Å². The fourth-order valence-electron chi connectivity index (χ4n) is 3.78. The van der Waals surface area contributed by atoms with E-state index in [-0.39, 0.29) is 29.5 Å². The average molecular weight is 361 g/mol. The Labute approximate surface area is 155 Å². The van der Waals surface area contributed by atoms with Gasteiger partial charge in [0.05, 0.1) is 17.6 Å². The predicted octanol–water partition coefficient (Wildman–Crippen LogP) is 2.06. The maximum Gasteiger partial charge on any atom is 0.252 e. The van der Waals surface area contributed by atoms with Gasteiger partial charge in [0.25, 0.3) is 5.91 Å². The highest BCUT2D eigenvalue weighted by atomic mass is 16.2. The van der Waals surface area contributed by atoms with Gasteiger partial charge < -0.3 is 15.6 Å². The van der Waals surface area contributed by atoms with Gasteiger partial charge in [0.2, 0.25) is 11.5 Å². The number of benzene rings is 2. The minimum atomic E-state index is -0.351. The first-order valence-corrected chi connectivity index (χ1v) is 8.81. The van der Waals surface area contributed by atoms with E-state index in [0.29, 0.717) is 22.9 Å². The highest BCUT2D eigenvalue weighted by Gasteiger charge is 2.34. The summed E-state index contributed by atoms with van der Waals surface area (Å²) in [5, 5.41) is 6.62. The van der Waals surface area contributed by atoms with Crippen molar-refractivity contribution >= 4 is 22.7 Å². The molecule has 2 amide bonds. The Balaban J connectivity index is 1.71. The molecule has 3 N–H and O–H groups in total. The Morgan fingerprint density at radius 2 is 1.78 bits per heavy atom. The van der Waals surface area contributed by atoms with Crippen molar-refractivity contribution in [2.75, 3.05) is 0 Å². The van der Waals surface area contributed by atoms with E-state index in [0.717, 1.165) is 11.1 Å². The second-order valence-electron chi connectivity index (χ2n) is 6.75. The molecule has 1 aliphatic carbocycles. The zero-order chi connectivity index (χ0) is 19.0. The van der Waals surface area contributed by atoms with E-state index in [1.807, 2.05) is 30.3 Å². The molecule has 0 fully saturated rings. The molecule has 0 unspecified atom stereocenters. The lowest BCUT2D eigenvalue weighted by molar-refractivity contribution is -0.119. The third-order valence-corrected chi connectivity index (χ3v) is 4.90. The van der Waals surface area contributed by atoms with Crippen molar-refractivity contribution in [1.29, 1.82) is 0 Å². The van der Waals surface area contributed by atoms with Crippen LogP contribution in [-0.2, 0) is 11.2 Å². The van der Waals surface area contributed by atoms with Gasteiger partial charge in [0.1, 0.15) is 0 Å². The van der Waals surface area contributed by atoms with Crippen LogP contribution in [0.5, 0.6) is 0 Å². The SMILES string of the molecule is CC(=O)N[C@@H]1Cc2ccccc2[C@H]1NC(=O)c1cc(=O)[nH]c2ccccc12. The molecule has 0 bridgehead atoms. The highest BCUT2D eigenvalue weighted by Crippen LogP contribution is 2.32. The summed E-state index contributed by atoms with van der Waals surface area (Å²) < 4.78 is 0. The van der Waals surface area contributed by atoms with E-state index >= 15 is 0 Å². The Morgan fingerprint density at radius 3 is 2.59 bits per heavy atom. The largest absolute Gasteiger partial charge is 0.351 e. The summed E-state index contributed by atoms with van der Waals surface area (Å²) >= 11 is 0. The number of carbonyl (C=O) groups excluding carboxylic acids is 2. The minimum absolute atomic E-state index is 0.145. The first-order valence-electron chi connectivity index (χ1n) is 8.81. The number of para-hydroxylation sites is 1. The molecule has 1 aliphatic rings. The van der Waals surface area contributed by atoms with Gasteiger partial charge in [-0.3, -0.25) is 14.4 Å². The third-order valence-electron chi connectivity index (χ3n) is 4.90. The van der Waals surface area contributed by atoms with Crippen molar-refractivity contribution in [1.82, 2.24) is 15.6 Å². The quantitative estimate of drug-likeness (QED) is 0.667. The molecule has 2 atom stereocenters. The molecule has 2 aromatic carbocycles. The predicted molar refractivity (Wildman–Crippen MR) is 103 cm³/mol. The summed E-state index contributed by atoms with van der Waals surface area (Å²) in [7, 11) is 0. The Morgan fingerprint density at radius 1 is 1.04 bits per heavy atom. The molecule has 4 rings (SSSR count). The molecule has 0 saturated heterocycles. The van der Waals surface area contributed by atoms with Crippen LogP contribution in [0.1, 0.15) is 34.5 Å². The normalized spacial score (nSPS) is 18.1. The van der Waals surface area contributed by atoms with Gasteiger partial charge in [-0.05, 0) is 23.6 Å². The van der Waals surface area contributed by atoms with Crippen LogP contribution in [-0.4, -0.2) is 22.8 Å². The van der Waals surface area contributed by atoms with E-state index in [1.165, 1.54) is 13.0 Å². The molecular weight excluding hydrogens is 342 g/mol. The van der Waals surface area contributed by atoms with Gasteiger partial charge in [0.15, 0.2) is 0 Å². The molecule has 0 spiro atoms. The maximum absolute atomic E-state index is 13.0. The first kappa shape index (κ1) is 17.0. The standard InChI is InChI=1S/C21H19N3O3/c1-12(25)22-18-10-13-6-2-3-7-14(13)20(18)24-21(27)16-11-19(26)23-17-9-5-4-8-15(16)17/h2-9,11,18,20H,10H2,1H3,(H,22,25)(H,23,26)(H,24,27)/t18-,20-/m1/s1. The third kappa shape index (κ3) is 3.21. The molecule has 0 saturated carbocycles. The lowest BCUT2D eigenvalue weighted by Crippen LogP contribution is -2.43. The van der Waals surface area contributed by atoms with E-state index in [9.17, 15) is 14.4 Å². The lowest BCUT2D eigenvalue weighted by atomic mass is 10.0. The van der Waals surface area contributed by atoms with E-state index in [4.69, 9.17) is 0 Å². The molecule has 3 aromatic rings. The second-order valence-corrected chi connectivity index (χ2v) is 6.75. The number of rotatable bonds is 3. The Hall–Kier alpha value is -3.41. The molecular formula is C21H19N3O3. The maximum atomic E-state index is 13.0. The average Bonchev–Trinajstić information content (AvgIpc) is 2.97. The minimum Gasteiger partial charge on any atom is -0.351 e. The van der Waals surface area contributed by atoms with Gasteiger partial charge in [0, 0.05) is 23.9 Å². The van der Waals surface area contributed by atoms with E-state index in [1.54, 1.807) is 18.2 Å². The van der Waals surface area contributed by atoms with Gasteiger partial charge in [-0.15, -0.1) is 0 Å². The number of amides is 2. The number of pyridine rings is 1. The molecule has 136 valence electrons. The molecule has 0 radical (unpaired) electrons. The van der Waals surface area contributed by atoms with Crippen molar-refractivity contribution in [3.05, 3.63) is 81.6 Å². The lowest BCUT2D eigenvalue weighted by Gasteiger charge is -2.23. The van der Waals surface area contributed by atoms with Crippen molar-refractivity contribution in [3.63, 3.8) is 0 Å². The number of nitrogens with one attached hydrogen (secondary N) is 3. The summed E-state index contributed by atoms with van der Waals surface area (Å²) in [6, 6.07) is 15.7. The fourth-order valence-corrected chi connectivity index (χ4v) is 3.78. The zero-order valence-electron chi connectivity index (χ0n) is 14.8. The Kier molecular flexibility index (Phi) is 4.24. The van der Waals surface area contributed by atoms with E-state index < -0.39 is 0 Å². The number of aromatic nitrogens is 1. The van der Waals surface area contributed by atoms with Crippen molar-refractivity contribution < 1.29 is 9.59 Å². The zero-order valence-corrected chi connectivity index (χ0v) is 14.8. The smallest absolute Gasteiger partial charge is 0.252 e. The van der Waals surface area contributed by atoms with Crippen LogP contribution in [0, 0.1) is 0 Å². The van der Waals surface area contributed by atoms with Gasteiger partial charge >= 0.3 is 0 Å². The van der Waals surface area contributed by atoms with Gasteiger partial charge in [-0.2, -0.15) is 0 Å². The molecule has 27 heavy (non-hydrogen) atoms. The van der Waals surface area contributed by atoms with Crippen LogP contribution in [0.4, 0.5) is 0 Å². The second kappa shape index (κ2) is 6.72. The van der Waals surface area contributed by atoms with Crippen molar-refractivity contribution in [2.45, 2.75) is 25.4 Å². The molecule has 6 nitrogen and oxygen atoms in total. The topological polar surface area (TPSA) is 91.1 Å². The summed E-state index contributed by atoms with van der Waals surface area (Å²) in [4.78, 5) is 39.3. The van der Waals surface area contributed by atoms with Crippen LogP contribution in [0.15, 0.2) is 59.4 Å². The molecule has 0 aliphatic heterocycles. The number of aromatic amines is 1. The van der Waals surface area contributed by atoms with Gasteiger partial charge in [-0.25, -0.2) is 0 Å². The van der Waals surface area contributed by atoms with Gasteiger partial charge in [-0.1, -0.05) is 42.5 Å². The number of fused-ring (bicyclic) bond motifs is 2. The first-order chi connectivity index (χ1) is 13.0. The van der Waals surface area contributed by atoms with Crippen LogP contribution >= 0.6 is 0 Å². The van der Waals surface area contributed by atoms with Crippen LogP contribution in [0.3, 0.4) is 0 Å². The molecule has 6 heteroatoms. The fraction of sp³-hybridized carbons (Fsp3) is 0.190. The Bertz CT molecular complexity index is 1100. The van der Waals surface area contributed by atoms with E-state index in [2.05, 4.69) is 15.6 Å². The summed E-state index contributed by atoms with van der Waals surface area (Å²) in [5.41, 5.74) is 2.68. The number of H-pyrrole nitrogens is 1. The van der Waals surface area contributed by atoms with Crippen LogP contribution in [0.25, 0.3) is 10.9 Å². The van der Waals surface area contributed by atoms with Crippen LogP contribution < -0.4 is 16.2 Å². The summed E-state index contributed by atoms with van der Waals surface area (Å²) in [5.74, 6) is -0.483. The summed E-state index contributed by atoms with van der Waals surface area (Å²) in [6.07, 6.45) is 0.650.